The van der Waals surface area contributed by atoms with Gasteiger partial charge < -0.3 is 29.2 Å². The topological polar surface area (TPSA) is 112 Å². The highest BCUT2D eigenvalue weighted by Crippen LogP contribution is 2.55. The van der Waals surface area contributed by atoms with Gasteiger partial charge in [-0.3, -0.25) is 9.59 Å². The first-order chi connectivity index (χ1) is 21.0. The van der Waals surface area contributed by atoms with Crippen molar-refractivity contribution in [3.63, 3.8) is 0 Å². The molecule has 1 aliphatic heterocycles. The zero-order valence-electron chi connectivity index (χ0n) is 27.1. The second-order valence-electron chi connectivity index (χ2n) is 12.9. The summed E-state index contributed by atoms with van der Waals surface area (Å²) >= 11 is 0. The summed E-state index contributed by atoms with van der Waals surface area (Å²) in [5.74, 6) is -0.446. The first-order valence-electron chi connectivity index (χ1n) is 16.4. The lowest BCUT2D eigenvalue weighted by molar-refractivity contribution is -0.188. The number of esters is 2. The van der Waals surface area contributed by atoms with Gasteiger partial charge in [-0.1, -0.05) is 64.2 Å². The molecule has 1 heterocycles. The van der Waals surface area contributed by atoms with Gasteiger partial charge in [-0.15, -0.1) is 0 Å². The standard InChI is InChI=1S/C36H50O8/c1-23(37)42-34-32-29(44-36(3,4)35(34)43-24(2)38)22-26-19-17-15-13-11-9-7-6-8-10-12-14-16-18-25-20-27(39)31(28(40)21-25)30(26)33(32)41-5/h20-22,34-35,39-40H,6-19H2,1-5H3/t34-,35-/m0/s1. The van der Waals surface area contributed by atoms with Crippen molar-refractivity contribution in [2.24, 2.45) is 0 Å². The van der Waals surface area contributed by atoms with E-state index in [2.05, 4.69) is 0 Å². The monoisotopic (exact) mass is 610 g/mol. The average molecular weight is 611 g/mol. The number of carbonyl (C=O) groups excluding carboxylic acids is 2. The van der Waals surface area contributed by atoms with E-state index in [4.69, 9.17) is 18.9 Å². The zero-order valence-corrected chi connectivity index (χ0v) is 27.1. The van der Waals surface area contributed by atoms with Gasteiger partial charge in [0.2, 0.25) is 0 Å². The van der Waals surface area contributed by atoms with Gasteiger partial charge in [-0.25, -0.2) is 0 Å². The van der Waals surface area contributed by atoms with Gasteiger partial charge >= 0.3 is 11.9 Å². The Balaban J connectivity index is 1.88. The van der Waals surface area contributed by atoms with Crippen molar-refractivity contribution in [2.45, 2.75) is 135 Å². The molecule has 3 aliphatic rings. The SMILES string of the molecule is COc1c2c(cc3c1[C@H](OC(C)=O)[C@H](OC(C)=O)C(C)(C)O3)CCCCCCCCCCCCCCc1cc(O)c-2c(O)c1. The van der Waals surface area contributed by atoms with Crippen LogP contribution >= 0.6 is 0 Å². The molecule has 2 atom stereocenters. The Morgan fingerprint density at radius 1 is 0.750 bits per heavy atom. The molecule has 0 aromatic heterocycles. The minimum absolute atomic E-state index is 0.0495. The number of fused-ring (bicyclic) bond motifs is 16. The Morgan fingerprint density at radius 2 is 1.25 bits per heavy atom. The third kappa shape index (κ3) is 7.99. The normalized spacial score (nSPS) is 21.2. The van der Waals surface area contributed by atoms with E-state index in [-0.39, 0.29) is 17.1 Å². The number of aryl methyl sites for hydroxylation is 2. The third-order valence-corrected chi connectivity index (χ3v) is 8.84. The van der Waals surface area contributed by atoms with E-state index in [1.54, 1.807) is 26.0 Å². The van der Waals surface area contributed by atoms with E-state index in [0.717, 1.165) is 49.7 Å². The Morgan fingerprint density at radius 3 is 1.75 bits per heavy atom. The van der Waals surface area contributed by atoms with Crippen LogP contribution in [0.5, 0.6) is 23.0 Å². The maximum atomic E-state index is 12.4. The largest absolute Gasteiger partial charge is 0.507 e. The van der Waals surface area contributed by atoms with E-state index in [9.17, 15) is 19.8 Å². The summed E-state index contributed by atoms with van der Waals surface area (Å²) in [6, 6.07) is 5.34. The highest BCUT2D eigenvalue weighted by molar-refractivity contribution is 5.86. The lowest BCUT2D eigenvalue weighted by Crippen LogP contribution is -2.52. The number of hydrogen-bond acceptors (Lipinski definition) is 8. The molecule has 0 radical (unpaired) electrons. The molecule has 5 rings (SSSR count). The van der Waals surface area contributed by atoms with Crippen LogP contribution in [-0.4, -0.2) is 41.0 Å². The van der Waals surface area contributed by atoms with Crippen molar-refractivity contribution in [3.8, 4) is 34.1 Å². The Kier molecular flexibility index (Phi) is 11.4. The van der Waals surface area contributed by atoms with Crippen molar-refractivity contribution < 1.29 is 38.7 Å². The Bertz CT molecular complexity index is 1290. The average Bonchev–Trinajstić information content (AvgIpc) is 2.93. The summed E-state index contributed by atoms with van der Waals surface area (Å²) in [5.41, 5.74) is 1.85. The van der Waals surface area contributed by atoms with Gasteiger partial charge in [0.25, 0.3) is 0 Å². The van der Waals surface area contributed by atoms with E-state index in [0.29, 0.717) is 29.0 Å². The van der Waals surface area contributed by atoms with E-state index in [1.807, 2.05) is 6.07 Å². The van der Waals surface area contributed by atoms with Crippen LogP contribution in [0.4, 0.5) is 0 Å². The molecule has 2 N–H and O–H groups in total. The molecule has 2 aromatic carbocycles. The van der Waals surface area contributed by atoms with Crippen LogP contribution in [0.25, 0.3) is 11.1 Å². The second kappa shape index (κ2) is 15.0. The summed E-state index contributed by atoms with van der Waals surface area (Å²) < 4.78 is 24.0. The van der Waals surface area contributed by atoms with Gasteiger partial charge in [0, 0.05) is 19.4 Å². The summed E-state index contributed by atoms with van der Waals surface area (Å²) in [5, 5.41) is 22.9. The number of aromatic hydroxyl groups is 2. The summed E-state index contributed by atoms with van der Waals surface area (Å²) in [7, 11) is 1.50. The lowest BCUT2D eigenvalue weighted by atomic mass is 9.83. The van der Waals surface area contributed by atoms with Crippen molar-refractivity contribution in [2.75, 3.05) is 7.11 Å². The zero-order chi connectivity index (χ0) is 31.9. The summed E-state index contributed by atoms with van der Waals surface area (Å²) in [6.07, 6.45) is 13.4. The molecule has 8 heteroatoms. The number of phenols is 2. The van der Waals surface area contributed by atoms with Crippen LogP contribution in [0.2, 0.25) is 0 Å². The minimum Gasteiger partial charge on any atom is -0.507 e. The first-order valence-corrected chi connectivity index (χ1v) is 16.4. The summed E-state index contributed by atoms with van der Waals surface area (Å²) in [6.45, 7) is 6.17. The van der Waals surface area contributed by atoms with Crippen LogP contribution < -0.4 is 9.47 Å². The fourth-order valence-corrected chi connectivity index (χ4v) is 6.76. The Labute approximate surface area is 262 Å². The molecular weight excluding hydrogens is 560 g/mol. The molecule has 0 fully saturated rings. The Hall–Kier alpha value is -3.42. The van der Waals surface area contributed by atoms with Crippen LogP contribution in [0, 0.1) is 0 Å². The molecule has 0 saturated heterocycles. The maximum Gasteiger partial charge on any atom is 0.303 e. The van der Waals surface area contributed by atoms with Gasteiger partial charge in [-0.2, -0.15) is 0 Å². The number of phenolic OH excluding ortho intramolecular Hbond substituents is 2. The van der Waals surface area contributed by atoms with Crippen LogP contribution in [0.15, 0.2) is 18.2 Å². The fraction of sp³-hybridized carbons (Fsp3) is 0.611. The maximum absolute atomic E-state index is 12.4. The van der Waals surface area contributed by atoms with Crippen LogP contribution in [0.1, 0.15) is 128 Å². The molecule has 0 amide bonds. The molecule has 2 aromatic rings. The number of hydrogen-bond donors (Lipinski definition) is 2. The molecule has 2 bridgehead atoms. The highest BCUT2D eigenvalue weighted by Gasteiger charge is 2.50. The number of ether oxygens (including phenoxy) is 4. The van der Waals surface area contributed by atoms with Gasteiger partial charge in [0.1, 0.15) is 28.6 Å². The molecule has 8 nitrogen and oxygen atoms in total. The first kappa shape index (κ1) is 33.5. The number of benzene rings is 2. The van der Waals surface area contributed by atoms with Gasteiger partial charge in [0.15, 0.2) is 12.2 Å². The smallest absolute Gasteiger partial charge is 0.303 e. The van der Waals surface area contributed by atoms with E-state index >= 15 is 0 Å². The molecular formula is C36H50O8. The van der Waals surface area contributed by atoms with Gasteiger partial charge in [-0.05, 0) is 68.9 Å². The highest BCUT2D eigenvalue weighted by atomic mass is 16.6. The van der Waals surface area contributed by atoms with Crippen molar-refractivity contribution in [1.82, 2.24) is 0 Å². The molecule has 0 unspecified atom stereocenters. The lowest BCUT2D eigenvalue weighted by Gasteiger charge is -2.44. The van der Waals surface area contributed by atoms with Crippen LogP contribution in [-0.2, 0) is 31.9 Å². The van der Waals surface area contributed by atoms with Crippen LogP contribution in [0.3, 0.4) is 0 Å². The predicted octanol–water partition coefficient (Wildman–Crippen LogP) is 8.26. The van der Waals surface area contributed by atoms with E-state index in [1.165, 1.54) is 65.9 Å². The van der Waals surface area contributed by atoms with Gasteiger partial charge in [0.05, 0.1) is 18.2 Å². The van der Waals surface area contributed by atoms with Crippen molar-refractivity contribution >= 4 is 11.9 Å². The molecule has 242 valence electrons. The molecule has 2 aliphatic carbocycles. The van der Waals surface area contributed by atoms with Crippen molar-refractivity contribution in [1.29, 1.82) is 0 Å². The quantitative estimate of drug-likeness (QED) is 0.334. The predicted molar refractivity (Wildman–Crippen MR) is 169 cm³/mol. The number of carbonyl (C=O) groups is 2. The third-order valence-electron chi connectivity index (χ3n) is 8.84. The summed E-state index contributed by atoms with van der Waals surface area (Å²) in [4.78, 5) is 24.6. The number of rotatable bonds is 3. The second-order valence-corrected chi connectivity index (χ2v) is 12.9. The van der Waals surface area contributed by atoms with Crippen molar-refractivity contribution in [3.05, 3.63) is 34.9 Å². The number of methoxy groups -OCH3 is 1. The molecule has 0 spiro atoms. The molecule has 44 heavy (non-hydrogen) atoms. The van der Waals surface area contributed by atoms with E-state index < -0.39 is 29.7 Å². The minimum atomic E-state index is -1.04. The fourth-order valence-electron chi connectivity index (χ4n) is 6.76. The molecule has 0 saturated carbocycles.